The molecule has 1 N–H and O–H groups in total. The summed E-state index contributed by atoms with van der Waals surface area (Å²) < 4.78 is 5.25. The summed E-state index contributed by atoms with van der Waals surface area (Å²) >= 11 is 0. The van der Waals surface area contributed by atoms with Gasteiger partial charge in [0.25, 0.3) is 6.47 Å². The Balaban J connectivity index is 1.44. The molecule has 2 aliphatic rings. The first-order valence-electron chi connectivity index (χ1n) is 12.3. The van der Waals surface area contributed by atoms with Crippen LogP contribution in [0.15, 0.2) is 6.07 Å². The molecule has 172 valence electrons. The minimum atomic E-state index is -0.592. The lowest BCUT2D eigenvalue weighted by Gasteiger charge is -2.18. The van der Waals surface area contributed by atoms with Crippen molar-refractivity contribution >= 4 is 12.4 Å². The Kier molecular flexibility index (Phi) is 7.82. The molecule has 3 rings (SSSR count). The molecule has 0 atom stereocenters. The molecular formula is C27H40O4. The summed E-state index contributed by atoms with van der Waals surface area (Å²) in [5, 5.41) is 9.31. The van der Waals surface area contributed by atoms with Crippen LogP contribution < -0.4 is 0 Å². The summed E-state index contributed by atoms with van der Waals surface area (Å²) in [6.07, 6.45) is 14.6. The molecule has 0 amide bonds. The summed E-state index contributed by atoms with van der Waals surface area (Å²) in [5.74, 6) is -0.592. The minimum Gasteiger partial charge on any atom is -0.481 e. The first-order valence-corrected chi connectivity index (χ1v) is 12.3. The number of rotatable bonds is 15. The first-order chi connectivity index (χ1) is 14.8. The Morgan fingerprint density at radius 3 is 2.16 bits per heavy atom. The smallest absolute Gasteiger partial charge is 0.309 e. The van der Waals surface area contributed by atoms with Gasteiger partial charge in [0.2, 0.25) is 0 Å². The quantitative estimate of drug-likeness (QED) is 0.260. The Labute approximate surface area is 187 Å². The number of unbranched alkanes of at least 4 members (excludes halogenated alkanes) is 4. The second-order valence-corrected chi connectivity index (χ2v) is 10.2. The lowest BCUT2D eigenvalue weighted by Crippen LogP contribution is -2.14. The van der Waals surface area contributed by atoms with E-state index in [-0.39, 0.29) is 11.0 Å². The summed E-state index contributed by atoms with van der Waals surface area (Å²) in [6.45, 7) is 7.36. The van der Waals surface area contributed by atoms with Gasteiger partial charge in [-0.15, -0.1) is 0 Å². The summed E-state index contributed by atoms with van der Waals surface area (Å²) in [4.78, 5) is 21.9. The third-order valence-electron chi connectivity index (χ3n) is 7.94. The molecule has 4 nitrogen and oxygen atoms in total. The second kappa shape index (κ2) is 10.2. The highest BCUT2D eigenvalue weighted by Gasteiger charge is 2.49. The van der Waals surface area contributed by atoms with Gasteiger partial charge in [-0.25, -0.2) is 0 Å². The number of carboxylic acid groups (broad SMARTS) is 1. The van der Waals surface area contributed by atoms with Crippen LogP contribution in [0.1, 0.15) is 105 Å². The zero-order chi connectivity index (χ0) is 22.5. The van der Waals surface area contributed by atoms with E-state index in [4.69, 9.17) is 4.74 Å². The highest BCUT2D eigenvalue weighted by atomic mass is 16.5. The highest BCUT2D eigenvalue weighted by Crippen LogP contribution is 2.50. The van der Waals surface area contributed by atoms with Crippen molar-refractivity contribution in [1.29, 1.82) is 0 Å². The van der Waals surface area contributed by atoms with Gasteiger partial charge in [-0.3, -0.25) is 9.59 Å². The molecule has 0 heterocycles. The van der Waals surface area contributed by atoms with Crippen LogP contribution >= 0.6 is 0 Å². The number of hydrogen-bond acceptors (Lipinski definition) is 3. The Morgan fingerprint density at radius 1 is 0.935 bits per heavy atom. The van der Waals surface area contributed by atoms with E-state index in [0.29, 0.717) is 6.47 Å². The van der Waals surface area contributed by atoms with Crippen molar-refractivity contribution in [3.05, 3.63) is 33.9 Å². The highest BCUT2D eigenvalue weighted by molar-refractivity contribution is 5.77. The van der Waals surface area contributed by atoms with Gasteiger partial charge in [-0.2, -0.15) is 0 Å². The van der Waals surface area contributed by atoms with Gasteiger partial charge in [0.05, 0.1) is 5.41 Å². The van der Waals surface area contributed by atoms with Crippen molar-refractivity contribution in [2.24, 2.45) is 5.41 Å². The van der Waals surface area contributed by atoms with Gasteiger partial charge in [0.15, 0.2) is 0 Å². The number of carbonyl (C=O) groups excluding carboxylic acids is 1. The van der Waals surface area contributed by atoms with Crippen molar-refractivity contribution in [3.8, 4) is 0 Å². The van der Waals surface area contributed by atoms with Gasteiger partial charge in [0, 0.05) is 0 Å². The molecular weight excluding hydrogens is 388 g/mol. The van der Waals surface area contributed by atoms with E-state index in [9.17, 15) is 14.7 Å². The Bertz CT molecular complexity index is 787. The van der Waals surface area contributed by atoms with Crippen LogP contribution in [-0.4, -0.2) is 23.1 Å². The summed E-state index contributed by atoms with van der Waals surface area (Å²) in [5.41, 5.74) is 6.76. The van der Waals surface area contributed by atoms with Crippen LogP contribution in [0, 0.1) is 26.2 Å². The van der Waals surface area contributed by atoms with Crippen LogP contribution in [0.2, 0.25) is 0 Å². The SMILES string of the molecule is Cc1cc(CCCCCC2(C(=O)O)CC2)c(C)c(CCCCCC2(OC=O)CC2)c1C. The fraction of sp³-hybridized carbons (Fsp3) is 0.704. The van der Waals surface area contributed by atoms with Gasteiger partial charge in [0.1, 0.15) is 5.60 Å². The van der Waals surface area contributed by atoms with Crippen LogP contribution in [-0.2, 0) is 27.2 Å². The van der Waals surface area contributed by atoms with Gasteiger partial charge in [-0.05, 0) is 119 Å². The molecule has 2 fully saturated rings. The zero-order valence-electron chi connectivity index (χ0n) is 19.7. The van der Waals surface area contributed by atoms with Crippen molar-refractivity contribution in [2.45, 2.75) is 116 Å². The molecule has 31 heavy (non-hydrogen) atoms. The van der Waals surface area contributed by atoms with E-state index in [2.05, 4.69) is 26.8 Å². The second-order valence-electron chi connectivity index (χ2n) is 10.2. The third kappa shape index (κ3) is 6.11. The third-order valence-corrected chi connectivity index (χ3v) is 7.94. The average molecular weight is 429 g/mol. The van der Waals surface area contributed by atoms with E-state index >= 15 is 0 Å². The molecule has 2 saturated carbocycles. The predicted octanol–water partition coefficient (Wildman–Crippen LogP) is 6.39. The molecule has 0 aromatic heterocycles. The Morgan fingerprint density at radius 2 is 1.58 bits per heavy atom. The summed E-state index contributed by atoms with van der Waals surface area (Å²) in [7, 11) is 0. The molecule has 4 heteroatoms. The van der Waals surface area contributed by atoms with E-state index in [1.54, 1.807) is 0 Å². The Hall–Kier alpha value is -1.84. The lowest BCUT2D eigenvalue weighted by molar-refractivity contribution is -0.143. The number of ether oxygens (including phenoxy) is 1. The first kappa shape index (κ1) is 23.8. The van der Waals surface area contributed by atoms with Gasteiger partial charge < -0.3 is 9.84 Å². The fourth-order valence-corrected chi connectivity index (χ4v) is 5.10. The standard InChI is InChI=1S/C27H40O4/c1-20-18-23(10-6-4-8-12-26(14-15-26)25(29)30)22(3)24(21(20)2)11-7-5-9-13-27(16-17-27)31-19-28/h18-19H,4-17H2,1-3H3,(H,29,30). The number of carbonyl (C=O) groups is 2. The molecule has 0 bridgehead atoms. The molecule has 1 aromatic carbocycles. The monoisotopic (exact) mass is 428 g/mol. The van der Waals surface area contributed by atoms with E-state index in [0.717, 1.165) is 77.0 Å². The van der Waals surface area contributed by atoms with Crippen molar-refractivity contribution < 1.29 is 19.4 Å². The van der Waals surface area contributed by atoms with Crippen LogP contribution in [0.25, 0.3) is 0 Å². The van der Waals surface area contributed by atoms with Crippen LogP contribution in [0.4, 0.5) is 0 Å². The van der Waals surface area contributed by atoms with Crippen molar-refractivity contribution in [1.82, 2.24) is 0 Å². The van der Waals surface area contributed by atoms with E-state index < -0.39 is 5.97 Å². The number of benzene rings is 1. The maximum Gasteiger partial charge on any atom is 0.309 e. The van der Waals surface area contributed by atoms with Gasteiger partial charge >= 0.3 is 5.97 Å². The predicted molar refractivity (Wildman–Crippen MR) is 123 cm³/mol. The van der Waals surface area contributed by atoms with Crippen LogP contribution in [0.3, 0.4) is 0 Å². The molecule has 2 aliphatic carbocycles. The maximum atomic E-state index is 11.3. The number of aliphatic carboxylic acids is 1. The zero-order valence-corrected chi connectivity index (χ0v) is 19.7. The molecule has 0 unspecified atom stereocenters. The lowest BCUT2D eigenvalue weighted by atomic mass is 9.88. The fourth-order valence-electron chi connectivity index (χ4n) is 5.10. The number of carboxylic acids is 1. The molecule has 0 aliphatic heterocycles. The topological polar surface area (TPSA) is 63.6 Å². The van der Waals surface area contributed by atoms with Crippen molar-refractivity contribution in [2.75, 3.05) is 0 Å². The molecule has 1 aromatic rings. The van der Waals surface area contributed by atoms with E-state index in [1.807, 2.05) is 0 Å². The molecule has 0 spiro atoms. The number of aryl methyl sites for hydroxylation is 2. The summed E-state index contributed by atoms with van der Waals surface area (Å²) in [6, 6.07) is 2.36. The normalized spacial score (nSPS) is 17.9. The van der Waals surface area contributed by atoms with Crippen molar-refractivity contribution in [3.63, 3.8) is 0 Å². The molecule has 0 saturated heterocycles. The number of hydrogen-bond donors (Lipinski definition) is 1. The van der Waals surface area contributed by atoms with Crippen LogP contribution in [0.5, 0.6) is 0 Å². The molecule has 0 radical (unpaired) electrons. The average Bonchev–Trinajstić information content (AvgIpc) is 3.65. The van der Waals surface area contributed by atoms with Gasteiger partial charge in [-0.1, -0.05) is 25.3 Å². The van der Waals surface area contributed by atoms with E-state index in [1.165, 1.54) is 40.7 Å². The minimum absolute atomic E-state index is 0.117. The maximum absolute atomic E-state index is 11.3. The largest absolute Gasteiger partial charge is 0.481 e.